The third-order valence-electron chi connectivity index (χ3n) is 1.95. The Morgan fingerprint density at radius 3 is 2.18 bits per heavy atom. The van der Waals surface area contributed by atoms with Crippen molar-refractivity contribution in [2.45, 2.75) is 5.51 Å². The molecule has 17 heavy (non-hydrogen) atoms. The van der Waals surface area contributed by atoms with E-state index in [4.69, 9.17) is 0 Å². The van der Waals surface area contributed by atoms with Gasteiger partial charge in [0.25, 0.3) is 0 Å². The van der Waals surface area contributed by atoms with E-state index >= 15 is 0 Å². The molecular formula is C10H10F3NO2S. The summed E-state index contributed by atoms with van der Waals surface area (Å²) in [4.78, 5) is 0. The number of hydrogen-bond donors (Lipinski definition) is 0. The van der Waals surface area contributed by atoms with E-state index in [0.717, 1.165) is 13.2 Å². The summed E-state index contributed by atoms with van der Waals surface area (Å²) in [5.41, 5.74) is -4.68. The van der Waals surface area contributed by atoms with Crippen LogP contribution in [0, 0.1) is 0 Å². The molecule has 0 aromatic heterocycles. The van der Waals surface area contributed by atoms with Crippen molar-refractivity contribution in [2.24, 2.45) is 0 Å². The predicted octanol–water partition coefficient (Wildman–Crippen LogP) is 2.44. The van der Waals surface area contributed by atoms with Crippen LogP contribution < -0.4 is 0 Å². The fourth-order valence-corrected chi connectivity index (χ4v) is 1.55. The normalized spacial score (nSPS) is 12.9. The minimum atomic E-state index is -5.30. The molecule has 0 radical (unpaired) electrons. The molecule has 0 saturated carbocycles. The van der Waals surface area contributed by atoms with Crippen LogP contribution in [0.5, 0.6) is 0 Å². The summed E-state index contributed by atoms with van der Waals surface area (Å²) in [5.74, 6) is 0. The Balaban J connectivity index is 2.88. The molecule has 0 heterocycles. The highest BCUT2D eigenvalue weighted by molar-refractivity contribution is 7.90. The van der Waals surface area contributed by atoms with Gasteiger partial charge in [-0.25, -0.2) is 0 Å². The van der Waals surface area contributed by atoms with E-state index in [1.54, 1.807) is 30.3 Å². The first kappa shape index (κ1) is 13.6. The summed E-state index contributed by atoms with van der Waals surface area (Å²) in [7, 11) is -4.46. The summed E-state index contributed by atoms with van der Waals surface area (Å²) in [6.45, 7) is 0. The predicted molar refractivity (Wildman–Crippen MR) is 58.2 cm³/mol. The molecule has 0 bridgehead atoms. The van der Waals surface area contributed by atoms with Crippen molar-refractivity contribution >= 4 is 16.1 Å². The molecule has 0 fully saturated rings. The van der Waals surface area contributed by atoms with E-state index < -0.39 is 15.5 Å². The van der Waals surface area contributed by atoms with Crippen LogP contribution in [0.15, 0.2) is 36.5 Å². The number of halogens is 3. The van der Waals surface area contributed by atoms with Gasteiger partial charge in [0, 0.05) is 13.2 Å². The van der Waals surface area contributed by atoms with Gasteiger partial charge in [-0.15, -0.1) is 0 Å². The van der Waals surface area contributed by atoms with E-state index in [0.29, 0.717) is 5.56 Å². The third-order valence-corrected chi connectivity index (χ3v) is 3.41. The van der Waals surface area contributed by atoms with Crippen molar-refractivity contribution in [2.75, 3.05) is 7.05 Å². The molecule has 0 saturated heterocycles. The molecule has 0 aliphatic carbocycles. The van der Waals surface area contributed by atoms with Crippen LogP contribution in [0.1, 0.15) is 5.56 Å². The maximum absolute atomic E-state index is 12.1. The van der Waals surface area contributed by atoms with E-state index in [1.165, 1.54) is 6.08 Å². The second-order valence-electron chi connectivity index (χ2n) is 3.19. The zero-order chi connectivity index (χ0) is 13.1. The molecular weight excluding hydrogens is 255 g/mol. The highest BCUT2D eigenvalue weighted by Crippen LogP contribution is 2.26. The third kappa shape index (κ3) is 3.23. The van der Waals surface area contributed by atoms with E-state index in [2.05, 4.69) is 0 Å². The number of nitrogens with zero attached hydrogens (tertiary/aromatic N) is 1. The van der Waals surface area contributed by atoms with Crippen molar-refractivity contribution in [3.8, 4) is 0 Å². The highest BCUT2D eigenvalue weighted by Gasteiger charge is 2.48. The molecule has 7 heteroatoms. The molecule has 3 nitrogen and oxygen atoms in total. The Hall–Kier alpha value is -1.50. The molecule has 0 spiro atoms. The quantitative estimate of drug-likeness (QED) is 0.841. The lowest BCUT2D eigenvalue weighted by Crippen LogP contribution is -2.34. The standard InChI is InChI=1S/C10H10F3NO2S/c1-14(17(15,16)10(11,12)13)8-7-9-5-3-2-4-6-9/h2-8H,1H3. The van der Waals surface area contributed by atoms with Crippen molar-refractivity contribution in [1.82, 2.24) is 4.31 Å². The Morgan fingerprint density at radius 2 is 1.71 bits per heavy atom. The molecule has 0 aliphatic heterocycles. The first-order chi connectivity index (χ1) is 7.75. The van der Waals surface area contributed by atoms with E-state index in [-0.39, 0.29) is 4.31 Å². The second kappa shape index (κ2) is 4.79. The summed E-state index contributed by atoms with van der Waals surface area (Å²) in [5, 5.41) is 0. The van der Waals surface area contributed by atoms with Gasteiger partial charge in [0.05, 0.1) is 0 Å². The van der Waals surface area contributed by atoms with Crippen LogP contribution in [-0.2, 0) is 10.0 Å². The topological polar surface area (TPSA) is 37.4 Å². The Bertz CT molecular complexity index is 494. The van der Waals surface area contributed by atoms with Gasteiger partial charge in [0.15, 0.2) is 0 Å². The number of alkyl halides is 3. The van der Waals surface area contributed by atoms with Gasteiger partial charge < -0.3 is 0 Å². The largest absolute Gasteiger partial charge is 0.516 e. The second-order valence-corrected chi connectivity index (χ2v) is 5.18. The average Bonchev–Trinajstić information content (AvgIpc) is 2.25. The molecule has 1 aromatic carbocycles. The van der Waals surface area contributed by atoms with Crippen molar-refractivity contribution in [3.63, 3.8) is 0 Å². The number of benzene rings is 1. The van der Waals surface area contributed by atoms with E-state index in [1.807, 2.05) is 0 Å². The van der Waals surface area contributed by atoms with Gasteiger partial charge in [0.2, 0.25) is 0 Å². The van der Waals surface area contributed by atoms with Crippen LogP contribution in [0.3, 0.4) is 0 Å². The van der Waals surface area contributed by atoms with Crippen LogP contribution in [0.2, 0.25) is 0 Å². The maximum atomic E-state index is 12.1. The Kier molecular flexibility index (Phi) is 3.82. The van der Waals surface area contributed by atoms with Gasteiger partial charge in [-0.1, -0.05) is 30.3 Å². The van der Waals surface area contributed by atoms with Crippen molar-refractivity contribution < 1.29 is 21.6 Å². The summed E-state index contributed by atoms with van der Waals surface area (Å²) >= 11 is 0. The summed E-state index contributed by atoms with van der Waals surface area (Å²) in [6.07, 6.45) is 2.14. The van der Waals surface area contributed by atoms with Gasteiger partial charge in [-0.2, -0.15) is 21.6 Å². The van der Waals surface area contributed by atoms with Gasteiger partial charge in [0.1, 0.15) is 0 Å². The first-order valence-corrected chi connectivity index (χ1v) is 5.97. The minimum Gasteiger partial charge on any atom is -0.273 e. The minimum absolute atomic E-state index is 0.139. The molecule has 0 aliphatic rings. The molecule has 0 unspecified atom stereocenters. The molecule has 0 atom stereocenters. The van der Waals surface area contributed by atoms with Crippen LogP contribution in [-0.4, -0.2) is 25.3 Å². The fraction of sp³-hybridized carbons (Fsp3) is 0.200. The molecule has 0 amide bonds. The molecule has 1 rings (SSSR count). The lowest BCUT2D eigenvalue weighted by atomic mass is 10.2. The van der Waals surface area contributed by atoms with Gasteiger partial charge >= 0.3 is 15.5 Å². The number of rotatable bonds is 3. The molecule has 1 aromatic rings. The zero-order valence-electron chi connectivity index (χ0n) is 8.85. The van der Waals surface area contributed by atoms with E-state index in [9.17, 15) is 21.6 Å². The van der Waals surface area contributed by atoms with Crippen LogP contribution in [0.25, 0.3) is 6.08 Å². The summed E-state index contributed by atoms with van der Waals surface area (Å²) < 4.78 is 58.4. The lowest BCUT2D eigenvalue weighted by Gasteiger charge is -2.16. The highest BCUT2D eigenvalue weighted by atomic mass is 32.2. The Labute approximate surface area is 97.2 Å². The lowest BCUT2D eigenvalue weighted by molar-refractivity contribution is -0.0472. The average molecular weight is 265 g/mol. The molecule has 94 valence electrons. The zero-order valence-corrected chi connectivity index (χ0v) is 9.66. The number of sulfonamides is 1. The fourth-order valence-electron chi connectivity index (χ4n) is 0.999. The first-order valence-electron chi connectivity index (χ1n) is 4.53. The smallest absolute Gasteiger partial charge is 0.273 e. The number of hydrogen-bond acceptors (Lipinski definition) is 2. The SMILES string of the molecule is CN(C=Cc1ccccc1)S(=O)(=O)C(F)(F)F. The van der Waals surface area contributed by atoms with Crippen molar-refractivity contribution in [1.29, 1.82) is 0 Å². The summed E-state index contributed by atoms with van der Waals surface area (Å²) in [6, 6.07) is 8.42. The van der Waals surface area contributed by atoms with Crippen LogP contribution in [0.4, 0.5) is 13.2 Å². The van der Waals surface area contributed by atoms with Gasteiger partial charge in [-0.05, 0) is 11.6 Å². The maximum Gasteiger partial charge on any atom is 0.516 e. The monoisotopic (exact) mass is 265 g/mol. The van der Waals surface area contributed by atoms with Crippen LogP contribution >= 0.6 is 0 Å². The molecule has 0 N–H and O–H groups in total. The van der Waals surface area contributed by atoms with Gasteiger partial charge in [-0.3, -0.25) is 4.31 Å². The Morgan fingerprint density at radius 1 is 1.18 bits per heavy atom. The van der Waals surface area contributed by atoms with Crippen molar-refractivity contribution in [3.05, 3.63) is 42.1 Å².